The van der Waals surface area contributed by atoms with Gasteiger partial charge in [0.1, 0.15) is 11.4 Å². The molecule has 1 aliphatic heterocycles. The molecule has 2 aliphatic rings. The molecule has 0 saturated heterocycles. The van der Waals surface area contributed by atoms with Crippen LogP contribution in [0.5, 0.6) is 11.6 Å². The molecular weight excluding hydrogens is 374 g/mol. The number of pyridine rings is 1. The van der Waals surface area contributed by atoms with Gasteiger partial charge in [-0.25, -0.2) is 9.98 Å². The molecule has 1 spiro atoms. The highest BCUT2D eigenvalue weighted by Gasteiger charge is 2.42. The summed E-state index contributed by atoms with van der Waals surface area (Å²) >= 11 is 0. The van der Waals surface area contributed by atoms with Crippen molar-refractivity contribution in [3.05, 3.63) is 52.7 Å². The monoisotopic (exact) mass is 395 g/mol. The minimum Gasteiger partial charge on any atom is -0.434 e. The summed E-state index contributed by atoms with van der Waals surface area (Å²) in [5.74, 6) is 0.852. The maximum absolute atomic E-state index is 11.1. The lowest BCUT2D eigenvalue weighted by Crippen LogP contribution is -2.58. The molecule has 1 saturated carbocycles. The number of aliphatic imine (C=N–C) groups is 2. The molecule has 4 N–H and O–H groups in total. The van der Waals surface area contributed by atoms with Crippen molar-refractivity contribution >= 4 is 23.3 Å². The Labute approximate surface area is 167 Å². The molecule has 2 heterocycles. The molecule has 0 amide bonds. The second kappa shape index (κ2) is 7.38. The fraction of sp³-hybridized carbons (Fsp3) is 0.316. The van der Waals surface area contributed by atoms with Crippen LogP contribution < -0.4 is 21.1 Å². The quantitative estimate of drug-likeness (QED) is 0.598. The molecule has 1 fully saturated rings. The third-order valence-corrected chi connectivity index (χ3v) is 5.11. The van der Waals surface area contributed by atoms with Crippen LogP contribution in [0.3, 0.4) is 0 Å². The van der Waals surface area contributed by atoms with E-state index in [9.17, 15) is 10.1 Å². The molecule has 1 aromatic heterocycles. The van der Waals surface area contributed by atoms with E-state index >= 15 is 0 Å². The Bertz CT molecular complexity index is 982. The lowest BCUT2D eigenvalue weighted by Gasteiger charge is -2.45. The number of rotatable bonds is 4. The molecule has 1 aliphatic carbocycles. The number of guanidine groups is 2. The summed E-state index contributed by atoms with van der Waals surface area (Å²) in [5, 5.41) is 11.1. The lowest BCUT2D eigenvalue weighted by molar-refractivity contribution is -0.386. The highest BCUT2D eigenvalue weighted by Crippen LogP contribution is 2.40. The number of benzene rings is 1. The fourth-order valence-corrected chi connectivity index (χ4v) is 3.87. The Morgan fingerprint density at radius 2 is 1.83 bits per heavy atom. The zero-order valence-electron chi connectivity index (χ0n) is 15.7. The first-order chi connectivity index (χ1) is 14.0. The van der Waals surface area contributed by atoms with E-state index in [4.69, 9.17) is 16.2 Å². The van der Waals surface area contributed by atoms with E-state index in [0.717, 1.165) is 37.8 Å². The van der Waals surface area contributed by atoms with Crippen LogP contribution in [0.4, 0.5) is 11.4 Å². The van der Waals surface area contributed by atoms with E-state index in [1.807, 2.05) is 17.0 Å². The molecule has 10 nitrogen and oxygen atoms in total. The maximum Gasteiger partial charge on any atom is 0.331 e. The Balaban J connectivity index is 1.62. The van der Waals surface area contributed by atoms with Crippen molar-refractivity contribution in [1.29, 1.82) is 0 Å². The van der Waals surface area contributed by atoms with Gasteiger partial charge in [-0.05, 0) is 56.0 Å². The molecule has 0 bridgehead atoms. The Morgan fingerprint density at radius 3 is 2.52 bits per heavy atom. The highest BCUT2D eigenvalue weighted by molar-refractivity contribution is 6.05. The van der Waals surface area contributed by atoms with E-state index < -0.39 is 10.6 Å². The molecule has 0 unspecified atom stereocenters. The van der Waals surface area contributed by atoms with Crippen LogP contribution in [0, 0.1) is 10.1 Å². The SMILES string of the molecule is NC1=NC2(CCCCC2)N(c2ccc(Oc3ncccc3[N+](=O)[O-])cc2)C(N)=N1. The molecule has 2 aromatic rings. The number of nitrogens with zero attached hydrogens (tertiary/aromatic N) is 5. The first kappa shape index (κ1) is 18.7. The van der Waals surface area contributed by atoms with Crippen molar-refractivity contribution in [1.82, 2.24) is 4.98 Å². The summed E-state index contributed by atoms with van der Waals surface area (Å²) in [6, 6.07) is 9.89. The van der Waals surface area contributed by atoms with E-state index in [-0.39, 0.29) is 17.5 Å². The molecule has 1 aromatic carbocycles. The van der Waals surface area contributed by atoms with Gasteiger partial charge in [0.25, 0.3) is 5.88 Å². The molecule has 4 rings (SSSR count). The minimum atomic E-state index is -0.531. The topological polar surface area (TPSA) is 145 Å². The molecule has 0 radical (unpaired) electrons. The third-order valence-electron chi connectivity index (χ3n) is 5.11. The van der Waals surface area contributed by atoms with Crippen LogP contribution in [0.25, 0.3) is 0 Å². The molecule has 0 atom stereocenters. The van der Waals surface area contributed by atoms with E-state index in [1.165, 1.54) is 18.3 Å². The summed E-state index contributed by atoms with van der Waals surface area (Å²) in [5.41, 5.74) is 12.2. The molecule has 150 valence electrons. The van der Waals surface area contributed by atoms with Gasteiger partial charge in [-0.3, -0.25) is 15.0 Å². The van der Waals surface area contributed by atoms with Crippen LogP contribution >= 0.6 is 0 Å². The second-order valence-corrected chi connectivity index (χ2v) is 7.00. The third kappa shape index (κ3) is 3.56. The molecule has 29 heavy (non-hydrogen) atoms. The standard InChI is InChI=1S/C19H21N7O3/c20-17-23-18(21)25(19(24-17)10-2-1-3-11-19)13-6-8-14(9-7-13)29-16-15(26(27)28)5-4-12-22-16/h4-9,12H,1-3,10-11H2,(H4,20,21,23,24). The number of aromatic nitrogens is 1. The first-order valence-corrected chi connectivity index (χ1v) is 9.36. The van der Waals surface area contributed by atoms with Crippen molar-refractivity contribution in [3.63, 3.8) is 0 Å². The van der Waals surface area contributed by atoms with Gasteiger partial charge in [-0.15, -0.1) is 0 Å². The Kier molecular flexibility index (Phi) is 4.75. The van der Waals surface area contributed by atoms with Gasteiger partial charge in [0.05, 0.1) is 4.92 Å². The van der Waals surface area contributed by atoms with Gasteiger partial charge in [-0.1, -0.05) is 6.42 Å². The first-order valence-electron chi connectivity index (χ1n) is 9.36. The van der Waals surface area contributed by atoms with Crippen LogP contribution in [-0.2, 0) is 0 Å². The number of nitro groups is 1. The van der Waals surface area contributed by atoms with Crippen molar-refractivity contribution < 1.29 is 9.66 Å². The summed E-state index contributed by atoms with van der Waals surface area (Å²) < 4.78 is 5.61. The van der Waals surface area contributed by atoms with Crippen LogP contribution in [0.2, 0.25) is 0 Å². The Morgan fingerprint density at radius 1 is 1.10 bits per heavy atom. The molecular formula is C19H21N7O3. The van der Waals surface area contributed by atoms with Crippen LogP contribution in [-0.4, -0.2) is 27.5 Å². The fourth-order valence-electron chi connectivity index (χ4n) is 3.87. The smallest absolute Gasteiger partial charge is 0.331 e. The average molecular weight is 395 g/mol. The number of hydrogen-bond donors (Lipinski definition) is 2. The van der Waals surface area contributed by atoms with E-state index in [0.29, 0.717) is 11.7 Å². The van der Waals surface area contributed by atoms with Gasteiger partial charge < -0.3 is 16.2 Å². The van der Waals surface area contributed by atoms with Gasteiger partial charge in [0, 0.05) is 18.0 Å². The summed E-state index contributed by atoms with van der Waals surface area (Å²) in [7, 11) is 0. The van der Waals surface area contributed by atoms with Crippen LogP contribution in [0.1, 0.15) is 32.1 Å². The predicted octanol–water partition coefficient (Wildman–Crippen LogP) is 2.89. The Hall–Kier alpha value is -3.69. The number of nitrogens with two attached hydrogens (primary N) is 2. The zero-order valence-corrected chi connectivity index (χ0v) is 15.7. The van der Waals surface area contributed by atoms with Crippen molar-refractivity contribution in [2.24, 2.45) is 21.5 Å². The summed E-state index contributed by atoms with van der Waals surface area (Å²) in [4.78, 5) is 25.3. The maximum atomic E-state index is 11.1. The number of anilines is 1. The van der Waals surface area contributed by atoms with Gasteiger partial charge in [0.15, 0.2) is 0 Å². The van der Waals surface area contributed by atoms with Crippen molar-refractivity contribution in [2.45, 2.75) is 37.8 Å². The average Bonchev–Trinajstić information content (AvgIpc) is 2.69. The number of hydrogen-bond acceptors (Lipinski definition) is 9. The minimum absolute atomic E-state index is 0.0644. The summed E-state index contributed by atoms with van der Waals surface area (Å²) in [6.07, 6.45) is 6.33. The van der Waals surface area contributed by atoms with Gasteiger partial charge >= 0.3 is 5.69 Å². The highest BCUT2D eigenvalue weighted by atomic mass is 16.6. The van der Waals surface area contributed by atoms with E-state index in [1.54, 1.807) is 12.1 Å². The largest absolute Gasteiger partial charge is 0.434 e. The predicted molar refractivity (Wildman–Crippen MR) is 109 cm³/mol. The molecule has 10 heteroatoms. The van der Waals surface area contributed by atoms with Gasteiger partial charge in [-0.2, -0.15) is 4.99 Å². The number of ether oxygens (including phenoxy) is 1. The van der Waals surface area contributed by atoms with Gasteiger partial charge in [0.2, 0.25) is 11.9 Å². The normalized spacial score (nSPS) is 18.1. The van der Waals surface area contributed by atoms with E-state index in [2.05, 4.69) is 15.0 Å². The van der Waals surface area contributed by atoms with Crippen molar-refractivity contribution in [2.75, 3.05) is 4.90 Å². The zero-order chi connectivity index (χ0) is 20.4. The van der Waals surface area contributed by atoms with Crippen LogP contribution in [0.15, 0.2) is 52.6 Å². The van der Waals surface area contributed by atoms with Crippen molar-refractivity contribution in [3.8, 4) is 11.6 Å². The summed E-state index contributed by atoms with van der Waals surface area (Å²) in [6.45, 7) is 0. The second-order valence-electron chi connectivity index (χ2n) is 7.00. The lowest BCUT2D eigenvalue weighted by atomic mass is 9.87.